The molecule has 0 spiro atoms. The van der Waals surface area contributed by atoms with Gasteiger partial charge in [0.1, 0.15) is 6.10 Å². The van der Waals surface area contributed by atoms with Crippen molar-refractivity contribution in [1.82, 2.24) is 23.8 Å². The third kappa shape index (κ3) is 2.23. The molecule has 8 heteroatoms. The van der Waals surface area contributed by atoms with Gasteiger partial charge in [0.15, 0.2) is 5.69 Å². The molecule has 0 N–H and O–H groups in total. The number of aromatic nitrogens is 4. The molecule has 0 saturated carbocycles. The van der Waals surface area contributed by atoms with Gasteiger partial charge >= 0.3 is 0 Å². The SMILES string of the molecule is c1nsnc1-c1nc([C@@H]2CN3CCCC[C@@H]3CO2)no1. The van der Waals surface area contributed by atoms with Crippen LogP contribution in [-0.4, -0.2) is 49.5 Å². The van der Waals surface area contributed by atoms with E-state index in [0.29, 0.717) is 23.5 Å². The molecule has 0 unspecified atom stereocenters. The summed E-state index contributed by atoms with van der Waals surface area (Å²) in [7, 11) is 0. The predicted molar refractivity (Wildman–Crippen MR) is 71.1 cm³/mol. The van der Waals surface area contributed by atoms with Crippen molar-refractivity contribution in [2.24, 2.45) is 0 Å². The molecule has 106 valence electrons. The molecule has 0 aliphatic carbocycles. The maximum Gasteiger partial charge on any atom is 0.279 e. The maximum atomic E-state index is 5.90. The van der Waals surface area contributed by atoms with Crippen molar-refractivity contribution >= 4 is 11.7 Å². The molecule has 0 radical (unpaired) electrons. The van der Waals surface area contributed by atoms with E-state index in [0.717, 1.165) is 31.4 Å². The highest BCUT2D eigenvalue weighted by atomic mass is 32.1. The topological polar surface area (TPSA) is 77.2 Å². The molecule has 2 fully saturated rings. The zero-order valence-corrected chi connectivity index (χ0v) is 11.8. The Morgan fingerprint density at radius 3 is 3.25 bits per heavy atom. The van der Waals surface area contributed by atoms with Gasteiger partial charge in [-0.3, -0.25) is 4.90 Å². The lowest BCUT2D eigenvalue weighted by atomic mass is 10.0. The van der Waals surface area contributed by atoms with Crippen LogP contribution in [0.2, 0.25) is 0 Å². The van der Waals surface area contributed by atoms with Crippen LogP contribution in [0.25, 0.3) is 11.6 Å². The van der Waals surface area contributed by atoms with Crippen LogP contribution < -0.4 is 0 Å². The Balaban J connectivity index is 1.50. The second-order valence-corrected chi connectivity index (χ2v) is 5.77. The molecule has 2 aromatic heterocycles. The Morgan fingerprint density at radius 1 is 1.35 bits per heavy atom. The maximum absolute atomic E-state index is 5.90. The minimum Gasteiger partial charge on any atom is -0.367 e. The van der Waals surface area contributed by atoms with Crippen LogP contribution in [0, 0.1) is 0 Å². The van der Waals surface area contributed by atoms with Crippen LogP contribution in [0.4, 0.5) is 0 Å². The Labute approximate surface area is 120 Å². The first kappa shape index (κ1) is 12.4. The Morgan fingerprint density at radius 2 is 2.35 bits per heavy atom. The number of hydrogen-bond acceptors (Lipinski definition) is 8. The van der Waals surface area contributed by atoms with Crippen LogP contribution in [0.3, 0.4) is 0 Å². The lowest BCUT2D eigenvalue weighted by molar-refractivity contribution is -0.0805. The second kappa shape index (κ2) is 5.19. The molecular weight excluding hydrogens is 278 g/mol. The van der Waals surface area contributed by atoms with Crippen LogP contribution in [0.1, 0.15) is 31.2 Å². The van der Waals surface area contributed by atoms with Crippen molar-refractivity contribution in [2.45, 2.75) is 31.4 Å². The van der Waals surface area contributed by atoms with Crippen molar-refractivity contribution in [2.75, 3.05) is 19.7 Å². The van der Waals surface area contributed by atoms with Crippen LogP contribution in [-0.2, 0) is 4.74 Å². The Hall–Kier alpha value is -1.38. The molecule has 20 heavy (non-hydrogen) atoms. The summed E-state index contributed by atoms with van der Waals surface area (Å²) < 4.78 is 19.2. The van der Waals surface area contributed by atoms with Crippen molar-refractivity contribution in [3.63, 3.8) is 0 Å². The van der Waals surface area contributed by atoms with Gasteiger partial charge in [-0.1, -0.05) is 11.6 Å². The molecule has 2 aromatic rings. The zero-order chi connectivity index (χ0) is 13.4. The first-order valence-corrected chi connectivity index (χ1v) is 7.60. The smallest absolute Gasteiger partial charge is 0.279 e. The molecule has 4 rings (SSSR count). The van der Waals surface area contributed by atoms with Crippen LogP contribution in [0.5, 0.6) is 0 Å². The van der Waals surface area contributed by atoms with E-state index in [-0.39, 0.29) is 6.10 Å². The highest BCUT2D eigenvalue weighted by Gasteiger charge is 2.33. The quantitative estimate of drug-likeness (QED) is 0.830. The van der Waals surface area contributed by atoms with Crippen molar-refractivity contribution in [3.8, 4) is 11.6 Å². The molecule has 4 heterocycles. The molecule has 2 aliphatic heterocycles. The molecular formula is C12H15N5O2S. The Bertz CT molecular complexity index is 572. The van der Waals surface area contributed by atoms with E-state index in [1.807, 2.05) is 0 Å². The third-order valence-corrected chi connectivity index (χ3v) is 4.43. The first-order valence-electron chi connectivity index (χ1n) is 6.87. The standard InChI is InChI=1S/C12H15N5O2S/c1-2-4-17-6-10(18-7-8(17)3-1)11-14-12(19-15-11)9-5-13-20-16-9/h5,8,10H,1-4,6-7H2/t8-,10+/m1/s1. The fourth-order valence-corrected chi connectivity index (χ4v) is 3.27. The minimum absolute atomic E-state index is 0.103. The lowest BCUT2D eigenvalue weighted by Gasteiger charge is -2.41. The summed E-state index contributed by atoms with van der Waals surface area (Å²) in [4.78, 5) is 6.87. The Kier molecular flexibility index (Phi) is 3.21. The number of hydrogen-bond donors (Lipinski definition) is 0. The highest BCUT2D eigenvalue weighted by Crippen LogP contribution is 2.29. The molecule has 0 amide bonds. The van der Waals surface area contributed by atoms with Crippen LogP contribution >= 0.6 is 11.7 Å². The van der Waals surface area contributed by atoms with Gasteiger partial charge in [-0.15, -0.1) is 0 Å². The van der Waals surface area contributed by atoms with E-state index in [2.05, 4.69) is 23.8 Å². The van der Waals surface area contributed by atoms with Crippen molar-refractivity contribution in [3.05, 3.63) is 12.0 Å². The van der Waals surface area contributed by atoms with Crippen molar-refractivity contribution < 1.29 is 9.26 Å². The number of nitrogens with zero attached hydrogens (tertiary/aromatic N) is 5. The predicted octanol–water partition coefficient (Wildman–Crippen LogP) is 1.51. The number of ether oxygens (including phenoxy) is 1. The highest BCUT2D eigenvalue weighted by molar-refractivity contribution is 6.99. The molecule has 2 saturated heterocycles. The first-order chi connectivity index (χ1) is 9.90. The van der Waals surface area contributed by atoms with Gasteiger partial charge in [-0.25, -0.2) is 0 Å². The zero-order valence-electron chi connectivity index (χ0n) is 10.9. The van der Waals surface area contributed by atoms with E-state index in [1.165, 1.54) is 19.3 Å². The van der Waals surface area contributed by atoms with Gasteiger partial charge in [0.2, 0.25) is 5.82 Å². The van der Waals surface area contributed by atoms with E-state index >= 15 is 0 Å². The van der Waals surface area contributed by atoms with Crippen LogP contribution in [0.15, 0.2) is 10.7 Å². The second-order valence-electron chi connectivity index (χ2n) is 5.22. The fraction of sp³-hybridized carbons (Fsp3) is 0.667. The van der Waals surface area contributed by atoms with Gasteiger partial charge < -0.3 is 9.26 Å². The third-order valence-electron chi connectivity index (χ3n) is 3.95. The fourth-order valence-electron chi connectivity index (χ4n) is 2.87. The monoisotopic (exact) mass is 293 g/mol. The minimum atomic E-state index is -0.103. The van der Waals surface area contributed by atoms with E-state index < -0.39 is 0 Å². The summed E-state index contributed by atoms with van der Waals surface area (Å²) in [6, 6.07) is 0.564. The number of piperidine rings is 1. The van der Waals surface area contributed by atoms with Gasteiger partial charge in [-0.05, 0) is 19.4 Å². The van der Waals surface area contributed by atoms with Gasteiger partial charge in [0, 0.05) is 12.6 Å². The van der Waals surface area contributed by atoms with Crippen molar-refractivity contribution in [1.29, 1.82) is 0 Å². The summed E-state index contributed by atoms with van der Waals surface area (Å²) >= 11 is 1.13. The molecule has 2 aliphatic rings. The summed E-state index contributed by atoms with van der Waals surface area (Å²) in [5, 5.41) is 4.03. The van der Waals surface area contributed by atoms with Gasteiger partial charge in [0.05, 0.1) is 24.5 Å². The molecule has 0 bridgehead atoms. The summed E-state index contributed by atoms with van der Waals surface area (Å²) in [6.45, 7) is 2.75. The normalized spacial score (nSPS) is 27.4. The summed E-state index contributed by atoms with van der Waals surface area (Å²) in [5.74, 6) is 1.02. The number of morpholine rings is 1. The average Bonchev–Trinajstić information content (AvgIpc) is 3.17. The average molecular weight is 293 g/mol. The molecule has 2 atom stereocenters. The van der Waals surface area contributed by atoms with Gasteiger partial charge in [0.25, 0.3) is 5.89 Å². The number of rotatable bonds is 2. The van der Waals surface area contributed by atoms with Gasteiger partial charge in [-0.2, -0.15) is 13.7 Å². The van der Waals surface area contributed by atoms with E-state index in [9.17, 15) is 0 Å². The molecule has 0 aromatic carbocycles. The molecule has 7 nitrogen and oxygen atoms in total. The van der Waals surface area contributed by atoms with E-state index in [1.54, 1.807) is 6.20 Å². The lowest BCUT2D eigenvalue weighted by Crippen LogP contribution is -2.49. The summed E-state index contributed by atoms with van der Waals surface area (Å²) in [6.07, 6.45) is 5.33. The van der Waals surface area contributed by atoms with E-state index in [4.69, 9.17) is 9.26 Å². The summed E-state index contributed by atoms with van der Waals surface area (Å²) in [5.41, 5.74) is 0.625. The largest absolute Gasteiger partial charge is 0.367 e. The number of fused-ring (bicyclic) bond motifs is 1.